The molecule has 0 aromatic heterocycles. The first-order valence-corrected chi connectivity index (χ1v) is 6.28. The molecule has 0 saturated carbocycles. The van der Waals surface area contributed by atoms with Crippen LogP contribution in [0.4, 0.5) is 0 Å². The number of benzene rings is 1. The Balaban J connectivity index is 2.07. The van der Waals surface area contributed by atoms with E-state index >= 15 is 0 Å². The maximum atomic E-state index is 12.3. The highest BCUT2D eigenvalue weighted by molar-refractivity contribution is 5.95. The van der Waals surface area contributed by atoms with Gasteiger partial charge in [0.1, 0.15) is 0 Å². The van der Waals surface area contributed by atoms with Crippen molar-refractivity contribution in [1.82, 2.24) is 4.90 Å². The molecule has 1 amide bonds. The van der Waals surface area contributed by atoms with Gasteiger partial charge in [-0.25, -0.2) is 4.79 Å². The number of nitrogens with zero attached hydrogens (tertiary/aromatic N) is 1. The van der Waals surface area contributed by atoms with E-state index in [9.17, 15) is 9.59 Å². The summed E-state index contributed by atoms with van der Waals surface area (Å²) < 4.78 is 5.27. The van der Waals surface area contributed by atoms with Crippen LogP contribution in [0.2, 0.25) is 0 Å². The van der Waals surface area contributed by atoms with E-state index in [1.54, 1.807) is 24.1 Å². The van der Waals surface area contributed by atoms with E-state index in [1.165, 1.54) is 12.1 Å². The van der Waals surface area contributed by atoms with Crippen LogP contribution < -0.4 is 0 Å². The lowest BCUT2D eigenvalue weighted by molar-refractivity contribution is 0.0361. The number of aromatic carboxylic acids is 1. The number of rotatable bonds is 3. The summed E-state index contributed by atoms with van der Waals surface area (Å²) in [5.74, 6) is -1.07. The van der Waals surface area contributed by atoms with Crippen molar-refractivity contribution in [3.05, 3.63) is 35.4 Å². The van der Waals surface area contributed by atoms with Gasteiger partial charge in [0.25, 0.3) is 5.91 Å². The number of carboxylic acids is 1. The van der Waals surface area contributed by atoms with Gasteiger partial charge >= 0.3 is 5.97 Å². The van der Waals surface area contributed by atoms with Gasteiger partial charge in [0, 0.05) is 31.9 Å². The summed E-state index contributed by atoms with van der Waals surface area (Å²) in [5.41, 5.74) is 0.698. The predicted octanol–water partition coefficient (Wildman–Crippen LogP) is 1.64. The topological polar surface area (TPSA) is 66.8 Å². The lowest BCUT2D eigenvalue weighted by Crippen LogP contribution is -2.40. The molecule has 1 aromatic carbocycles. The van der Waals surface area contributed by atoms with Crippen molar-refractivity contribution >= 4 is 11.9 Å². The smallest absolute Gasteiger partial charge is 0.335 e. The van der Waals surface area contributed by atoms with Crippen LogP contribution in [0.15, 0.2) is 24.3 Å². The molecule has 0 aliphatic carbocycles. The standard InChI is InChI=1S/C14H17NO4/c1-15(12-6-8-19-9-7-12)13(16)10-2-4-11(5-3-10)14(17)18/h2-5,12H,6-9H2,1H3,(H,17,18). The fourth-order valence-electron chi connectivity index (χ4n) is 2.20. The number of hydrogen-bond donors (Lipinski definition) is 1. The van der Waals surface area contributed by atoms with Gasteiger partial charge < -0.3 is 14.7 Å². The summed E-state index contributed by atoms with van der Waals surface area (Å²) in [7, 11) is 1.78. The zero-order valence-corrected chi connectivity index (χ0v) is 10.8. The molecule has 102 valence electrons. The second kappa shape index (κ2) is 5.84. The summed E-state index contributed by atoms with van der Waals surface area (Å²) in [6.45, 7) is 1.36. The Bertz CT molecular complexity index is 463. The van der Waals surface area contributed by atoms with E-state index in [0.717, 1.165) is 12.8 Å². The largest absolute Gasteiger partial charge is 0.478 e. The highest BCUT2D eigenvalue weighted by Gasteiger charge is 2.23. The monoisotopic (exact) mass is 263 g/mol. The first kappa shape index (κ1) is 13.5. The summed E-state index contributed by atoms with van der Waals surface area (Å²) in [5, 5.41) is 8.82. The summed E-state index contributed by atoms with van der Waals surface area (Å²) in [6, 6.07) is 6.21. The Kier molecular flexibility index (Phi) is 4.16. The van der Waals surface area contributed by atoms with Gasteiger partial charge in [0.2, 0.25) is 0 Å². The molecule has 2 rings (SSSR count). The quantitative estimate of drug-likeness (QED) is 0.900. The van der Waals surface area contributed by atoms with Crippen molar-refractivity contribution in [1.29, 1.82) is 0 Å². The first-order chi connectivity index (χ1) is 9.09. The van der Waals surface area contributed by atoms with Crippen LogP contribution in [0.1, 0.15) is 33.6 Å². The molecule has 1 aliphatic rings. The fourth-order valence-corrected chi connectivity index (χ4v) is 2.20. The van der Waals surface area contributed by atoms with Crippen molar-refractivity contribution in [2.75, 3.05) is 20.3 Å². The van der Waals surface area contributed by atoms with Crippen molar-refractivity contribution in [2.45, 2.75) is 18.9 Å². The Morgan fingerprint density at radius 1 is 1.16 bits per heavy atom. The number of amides is 1. The van der Waals surface area contributed by atoms with Crippen LogP contribution in [-0.2, 0) is 4.74 Å². The van der Waals surface area contributed by atoms with E-state index in [1.807, 2.05) is 0 Å². The van der Waals surface area contributed by atoms with E-state index < -0.39 is 5.97 Å². The summed E-state index contributed by atoms with van der Waals surface area (Å²) >= 11 is 0. The molecule has 0 atom stereocenters. The Hall–Kier alpha value is -1.88. The highest BCUT2D eigenvalue weighted by atomic mass is 16.5. The number of ether oxygens (including phenoxy) is 1. The summed E-state index contributed by atoms with van der Waals surface area (Å²) in [6.07, 6.45) is 1.69. The molecule has 0 spiro atoms. The number of carboxylic acid groups (broad SMARTS) is 1. The predicted molar refractivity (Wildman–Crippen MR) is 69.3 cm³/mol. The molecule has 5 heteroatoms. The van der Waals surface area contributed by atoms with Gasteiger partial charge in [-0.1, -0.05) is 0 Å². The minimum atomic E-state index is -0.989. The molecule has 5 nitrogen and oxygen atoms in total. The van der Waals surface area contributed by atoms with Crippen molar-refractivity contribution in [3.8, 4) is 0 Å². The molecular weight excluding hydrogens is 246 g/mol. The zero-order chi connectivity index (χ0) is 13.8. The number of carbonyl (C=O) groups excluding carboxylic acids is 1. The van der Waals surface area contributed by atoms with Crippen LogP contribution in [0.3, 0.4) is 0 Å². The second-order valence-corrected chi connectivity index (χ2v) is 4.64. The fraction of sp³-hybridized carbons (Fsp3) is 0.429. The summed E-state index contributed by atoms with van der Waals surface area (Å²) in [4.78, 5) is 24.7. The molecule has 1 aliphatic heterocycles. The van der Waals surface area contributed by atoms with Crippen molar-refractivity contribution in [2.24, 2.45) is 0 Å². The van der Waals surface area contributed by atoms with Gasteiger partial charge in [-0.15, -0.1) is 0 Å². The van der Waals surface area contributed by atoms with Gasteiger partial charge in [-0.05, 0) is 37.1 Å². The lowest BCUT2D eigenvalue weighted by atomic mass is 10.1. The van der Waals surface area contributed by atoms with Crippen LogP contribution in [0, 0.1) is 0 Å². The molecule has 1 saturated heterocycles. The minimum absolute atomic E-state index is 0.0798. The molecule has 19 heavy (non-hydrogen) atoms. The molecule has 1 N–H and O–H groups in total. The second-order valence-electron chi connectivity index (χ2n) is 4.64. The SMILES string of the molecule is CN(C(=O)c1ccc(C(=O)O)cc1)C1CCOCC1. The van der Waals surface area contributed by atoms with Crippen molar-refractivity contribution < 1.29 is 19.4 Å². The molecule has 0 bridgehead atoms. The van der Waals surface area contributed by atoms with E-state index in [2.05, 4.69) is 0 Å². The van der Waals surface area contributed by atoms with Crippen LogP contribution in [0.5, 0.6) is 0 Å². The van der Waals surface area contributed by atoms with Gasteiger partial charge in [-0.2, -0.15) is 0 Å². The van der Waals surface area contributed by atoms with Gasteiger partial charge in [0.05, 0.1) is 5.56 Å². The number of hydrogen-bond acceptors (Lipinski definition) is 3. The average molecular weight is 263 g/mol. The maximum absolute atomic E-state index is 12.3. The molecular formula is C14H17NO4. The van der Waals surface area contributed by atoms with E-state index in [-0.39, 0.29) is 17.5 Å². The molecule has 0 radical (unpaired) electrons. The maximum Gasteiger partial charge on any atom is 0.335 e. The molecule has 1 aromatic rings. The third kappa shape index (κ3) is 3.12. The highest BCUT2D eigenvalue weighted by Crippen LogP contribution is 2.16. The van der Waals surface area contributed by atoms with E-state index in [0.29, 0.717) is 18.8 Å². The normalized spacial score (nSPS) is 16.1. The van der Waals surface area contributed by atoms with Gasteiger partial charge in [-0.3, -0.25) is 4.79 Å². The molecule has 1 heterocycles. The van der Waals surface area contributed by atoms with Gasteiger partial charge in [0.15, 0.2) is 0 Å². The number of carbonyl (C=O) groups is 2. The Labute approximate surface area is 111 Å². The van der Waals surface area contributed by atoms with Crippen LogP contribution in [-0.4, -0.2) is 48.2 Å². The van der Waals surface area contributed by atoms with Crippen molar-refractivity contribution in [3.63, 3.8) is 0 Å². The molecule has 0 unspecified atom stereocenters. The van der Waals surface area contributed by atoms with E-state index in [4.69, 9.17) is 9.84 Å². The Morgan fingerprint density at radius 3 is 2.21 bits per heavy atom. The van der Waals surface area contributed by atoms with Crippen LogP contribution in [0.25, 0.3) is 0 Å². The minimum Gasteiger partial charge on any atom is -0.478 e. The average Bonchev–Trinajstić information content (AvgIpc) is 2.46. The van der Waals surface area contributed by atoms with Crippen LogP contribution >= 0.6 is 0 Å². The first-order valence-electron chi connectivity index (χ1n) is 6.28. The molecule has 1 fully saturated rings. The zero-order valence-electron chi connectivity index (χ0n) is 10.8. The third-order valence-corrected chi connectivity index (χ3v) is 3.44. The third-order valence-electron chi connectivity index (χ3n) is 3.44. The lowest BCUT2D eigenvalue weighted by Gasteiger charge is -2.31. The Morgan fingerprint density at radius 2 is 1.68 bits per heavy atom.